The van der Waals surface area contributed by atoms with Gasteiger partial charge in [0.25, 0.3) is 0 Å². The van der Waals surface area contributed by atoms with E-state index in [1.165, 1.54) is 5.01 Å². The van der Waals surface area contributed by atoms with Crippen molar-refractivity contribution in [3.8, 4) is 11.5 Å². The normalized spacial score (nSPS) is 16.0. The van der Waals surface area contributed by atoms with Gasteiger partial charge in [0.1, 0.15) is 0 Å². The predicted octanol–water partition coefficient (Wildman–Crippen LogP) is 3.70. The van der Waals surface area contributed by atoms with Gasteiger partial charge in [0.15, 0.2) is 11.5 Å². The lowest BCUT2D eigenvalue weighted by Crippen LogP contribution is -2.27. The summed E-state index contributed by atoms with van der Waals surface area (Å²) in [5.74, 6) is 0.104. The largest absolute Gasteiger partial charge is 0.493 e. The van der Waals surface area contributed by atoms with Crippen molar-refractivity contribution in [2.75, 3.05) is 14.2 Å². The van der Waals surface area contributed by atoms with Crippen molar-refractivity contribution in [2.24, 2.45) is 5.10 Å². The van der Waals surface area contributed by atoms with Gasteiger partial charge in [-0.3, -0.25) is 9.59 Å². The summed E-state index contributed by atoms with van der Waals surface area (Å²) in [7, 11) is 3.14. The summed E-state index contributed by atoms with van der Waals surface area (Å²) in [6.07, 6.45) is 0.966. The molecule has 0 aliphatic carbocycles. The van der Waals surface area contributed by atoms with E-state index < -0.39 is 5.97 Å². The van der Waals surface area contributed by atoms with Crippen LogP contribution < -0.4 is 9.47 Å². The Morgan fingerprint density at radius 3 is 2.64 bits per heavy atom. The van der Waals surface area contributed by atoms with Crippen LogP contribution in [0.15, 0.2) is 40.8 Å². The molecule has 1 aliphatic heterocycles. The smallest absolute Gasteiger partial charge is 0.303 e. The van der Waals surface area contributed by atoms with Crippen molar-refractivity contribution in [2.45, 2.75) is 31.7 Å². The van der Waals surface area contributed by atoms with Gasteiger partial charge in [-0.2, -0.15) is 5.10 Å². The number of ether oxygens (including phenoxy) is 2. The molecule has 0 unspecified atom stereocenters. The van der Waals surface area contributed by atoms with Gasteiger partial charge in [-0.1, -0.05) is 12.1 Å². The lowest BCUT2D eigenvalue weighted by Gasteiger charge is -2.23. The fourth-order valence-electron chi connectivity index (χ4n) is 3.16. The van der Waals surface area contributed by atoms with E-state index in [1.54, 1.807) is 25.6 Å². The average molecular weight is 402 g/mol. The summed E-state index contributed by atoms with van der Waals surface area (Å²) < 4.78 is 10.7. The summed E-state index contributed by atoms with van der Waals surface area (Å²) in [6, 6.07) is 9.22. The highest BCUT2D eigenvalue weighted by Gasteiger charge is 2.33. The van der Waals surface area contributed by atoms with Crippen LogP contribution in [0.5, 0.6) is 11.5 Å². The van der Waals surface area contributed by atoms with Crippen molar-refractivity contribution >= 4 is 28.9 Å². The number of methoxy groups -OCH3 is 2. The molecule has 3 rings (SSSR count). The number of aliphatic carboxylic acids is 1. The molecular weight excluding hydrogens is 380 g/mol. The Hall–Kier alpha value is -2.87. The second kappa shape index (κ2) is 8.88. The fourth-order valence-corrected chi connectivity index (χ4v) is 3.88. The van der Waals surface area contributed by atoms with Crippen LogP contribution in [0.3, 0.4) is 0 Å². The monoisotopic (exact) mass is 402 g/mol. The maximum atomic E-state index is 12.8. The van der Waals surface area contributed by atoms with Crippen LogP contribution >= 0.6 is 11.3 Å². The van der Waals surface area contributed by atoms with E-state index in [0.29, 0.717) is 17.9 Å². The van der Waals surface area contributed by atoms with Crippen molar-refractivity contribution in [3.63, 3.8) is 0 Å². The minimum absolute atomic E-state index is 0.0396. The molecule has 0 spiro atoms. The van der Waals surface area contributed by atoms with Crippen molar-refractivity contribution in [1.29, 1.82) is 0 Å². The van der Waals surface area contributed by atoms with Crippen molar-refractivity contribution in [3.05, 3.63) is 46.2 Å². The molecule has 7 nitrogen and oxygen atoms in total. The van der Waals surface area contributed by atoms with E-state index in [2.05, 4.69) is 5.10 Å². The van der Waals surface area contributed by atoms with E-state index in [0.717, 1.165) is 16.2 Å². The second-order valence-corrected chi connectivity index (χ2v) is 7.29. The third-order valence-corrected chi connectivity index (χ3v) is 5.46. The molecule has 0 radical (unpaired) electrons. The van der Waals surface area contributed by atoms with E-state index in [1.807, 2.05) is 35.7 Å². The number of carbonyl (C=O) groups excluding carboxylic acids is 1. The lowest BCUT2D eigenvalue weighted by atomic mass is 10.00. The van der Waals surface area contributed by atoms with Crippen LogP contribution in [0.2, 0.25) is 0 Å². The molecule has 1 aliphatic rings. The highest BCUT2D eigenvalue weighted by Crippen LogP contribution is 2.38. The molecule has 1 aromatic carbocycles. The van der Waals surface area contributed by atoms with E-state index in [4.69, 9.17) is 14.6 Å². The minimum Gasteiger partial charge on any atom is -0.493 e. The molecule has 0 saturated heterocycles. The first kappa shape index (κ1) is 19.9. The lowest BCUT2D eigenvalue weighted by molar-refractivity contribution is -0.137. The zero-order chi connectivity index (χ0) is 20.1. The van der Waals surface area contributed by atoms with E-state index in [-0.39, 0.29) is 31.2 Å². The van der Waals surface area contributed by atoms with Crippen LogP contribution in [0.4, 0.5) is 0 Å². The van der Waals surface area contributed by atoms with Gasteiger partial charge >= 0.3 is 5.97 Å². The van der Waals surface area contributed by atoms with Gasteiger partial charge in [0.05, 0.1) is 30.9 Å². The maximum Gasteiger partial charge on any atom is 0.303 e. The molecule has 1 aromatic heterocycles. The molecule has 8 heteroatoms. The molecule has 2 aromatic rings. The van der Waals surface area contributed by atoms with Crippen LogP contribution in [0, 0.1) is 0 Å². The summed E-state index contributed by atoms with van der Waals surface area (Å²) in [4.78, 5) is 24.5. The molecule has 1 amide bonds. The van der Waals surface area contributed by atoms with Crippen LogP contribution in [0.1, 0.15) is 42.2 Å². The molecule has 2 heterocycles. The van der Waals surface area contributed by atoms with Crippen LogP contribution in [-0.2, 0) is 9.59 Å². The van der Waals surface area contributed by atoms with E-state index >= 15 is 0 Å². The molecule has 0 saturated carbocycles. The highest BCUT2D eigenvalue weighted by atomic mass is 32.1. The molecule has 0 bridgehead atoms. The number of benzene rings is 1. The predicted molar refractivity (Wildman–Crippen MR) is 106 cm³/mol. The first-order chi connectivity index (χ1) is 13.5. The SMILES string of the molecule is COc1ccc([C@H]2CC(c3cccs3)=NN2C(=O)CCCC(=O)O)cc1OC. The molecule has 0 fully saturated rings. The Morgan fingerprint density at radius 2 is 2.00 bits per heavy atom. The Kier molecular flexibility index (Phi) is 6.30. The van der Waals surface area contributed by atoms with E-state index in [9.17, 15) is 9.59 Å². The van der Waals surface area contributed by atoms with Gasteiger partial charge in [-0.05, 0) is 35.6 Å². The molecule has 28 heavy (non-hydrogen) atoms. The summed E-state index contributed by atoms with van der Waals surface area (Å²) in [6.45, 7) is 0. The number of thiophene rings is 1. The zero-order valence-corrected chi connectivity index (χ0v) is 16.6. The number of hydrogen-bond acceptors (Lipinski definition) is 6. The minimum atomic E-state index is -0.909. The van der Waals surface area contributed by atoms with Gasteiger partial charge in [-0.25, -0.2) is 5.01 Å². The Balaban J connectivity index is 1.87. The number of rotatable bonds is 8. The van der Waals surface area contributed by atoms with Gasteiger partial charge in [-0.15, -0.1) is 11.3 Å². The second-order valence-electron chi connectivity index (χ2n) is 6.34. The Morgan fingerprint density at radius 1 is 1.21 bits per heavy atom. The van der Waals surface area contributed by atoms with Crippen molar-refractivity contribution in [1.82, 2.24) is 5.01 Å². The zero-order valence-electron chi connectivity index (χ0n) is 15.8. The standard InChI is InChI=1S/C20H22N2O5S/c1-26-16-9-8-13(11-17(16)27-2)15-12-14(18-5-4-10-28-18)21-22(15)19(23)6-3-7-20(24)25/h4-5,8-11,15H,3,6-7,12H2,1-2H3,(H,24,25)/t15-/m1/s1. The first-order valence-electron chi connectivity index (χ1n) is 8.90. The van der Waals surface area contributed by atoms with Gasteiger partial charge in [0.2, 0.25) is 5.91 Å². The Labute approximate surface area is 167 Å². The highest BCUT2D eigenvalue weighted by molar-refractivity contribution is 7.12. The topological polar surface area (TPSA) is 88.4 Å². The van der Waals surface area contributed by atoms with Gasteiger partial charge < -0.3 is 14.6 Å². The number of carboxylic acids is 1. The third-order valence-electron chi connectivity index (χ3n) is 4.55. The quantitative estimate of drug-likeness (QED) is 0.727. The van der Waals surface area contributed by atoms with Crippen molar-refractivity contribution < 1.29 is 24.2 Å². The van der Waals surface area contributed by atoms with Crippen LogP contribution in [-0.4, -0.2) is 41.9 Å². The number of amides is 1. The summed E-state index contributed by atoms with van der Waals surface area (Å²) >= 11 is 1.58. The molecule has 148 valence electrons. The Bertz CT molecular complexity index is 879. The number of carbonyl (C=O) groups is 2. The molecule has 1 N–H and O–H groups in total. The number of hydrogen-bond donors (Lipinski definition) is 1. The fraction of sp³-hybridized carbons (Fsp3) is 0.350. The summed E-state index contributed by atoms with van der Waals surface area (Å²) in [5, 5.41) is 16.9. The average Bonchev–Trinajstić information content (AvgIpc) is 3.36. The summed E-state index contributed by atoms with van der Waals surface area (Å²) in [5.41, 5.74) is 1.74. The number of nitrogens with zero attached hydrogens (tertiary/aromatic N) is 2. The number of hydrazone groups is 1. The first-order valence-corrected chi connectivity index (χ1v) is 9.78. The molecule has 1 atom stereocenters. The molecular formula is C20H22N2O5S. The van der Waals surface area contributed by atoms with Gasteiger partial charge in [0, 0.05) is 19.3 Å². The number of carboxylic acid groups (broad SMARTS) is 1. The third kappa shape index (κ3) is 4.33. The van der Waals surface area contributed by atoms with Crippen LogP contribution in [0.25, 0.3) is 0 Å². The maximum absolute atomic E-state index is 12.8.